The van der Waals surface area contributed by atoms with Gasteiger partial charge in [0.15, 0.2) is 0 Å². The molecule has 2 aliphatic rings. The smallest absolute Gasteiger partial charge is 0.0652 e. The highest BCUT2D eigenvalue weighted by Crippen LogP contribution is 2.45. The molecule has 1 aromatic carbocycles. The molecular formula is C18H27NO. The standard InChI is InChI=1S/C18H27NO/c1-12-7-5-6-8-15(12)13-9-14(10-13)19-16-11-17(20-4)18(16,2)3/h5-8,13-14,16-17,19H,9-11H2,1-4H3. The number of hydrogen-bond donors (Lipinski definition) is 1. The average molecular weight is 273 g/mol. The molecule has 2 nitrogen and oxygen atoms in total. The third kappa shape index (κ3) is 2.29. The zero-order valence-electron chi connectivity index (χ0n) is 13.1. The normalized spacial score (nSPS) is 35.2. The largest absolute Gasteiger partial charge is 0.381 e. The van der Waals surface area contributed by atoms with Crippen LogP contribution in [-0.4, -0.2) is 25.3 Å². The second kappa shape index (κ2) is 5.16. The van der Waals surface area contributed by atoms with Gasteiger partial charge in [-0.15, -0.1) is 0 Å². The summed E-state index contributed by atoms with van der Waals surface area (Å²) in [7, 11) is 1.83. The Morgan fingerprint density at radius 3 is 2.45 bits per heavy atom. The molecule has 2 aliphatic carbocycles. The van der Waals surface area contributed by atoms with Crippen LogP contribution in [0.4, 0.5) is 0 Å². The van der Waals surface area contributed by atoms with Crippen LogP contribution in [0.2, 0.25) is 0 Å². The molecule has 20 heavy (non-hydrogen) atoms. The first-order chi connectivity index (χ1) is 9.52. The molecule has 0 spiro atoms. The minimum absolute atomic E-state index is 0.280. The van der Waals surface area contributed by atoms with Gasteiger partial charge in [-0.1, -0.05) is 38.1 Å². The predicted molar refractivity (Wildman–Crippen MR) is 83.1 cm³/mol. The zero-order chi connectivity index (χ0) is 14.3. The molecule has 0 aliphatic heterocycles. The lowest BCUT2D eigenvalue weighted by molar-refractivity contribution is -0.103. The molecule has 2 atom stereocenters. The Morgan fingerprint density at radius 2 is 1.85 bits per heavy atom. The monoisotopic (exact) mass is 273 g/mol. The number of rotatable bonds is 4. The minimum Gasteiger partial charge on any atom is -0.381 e. The first-order valence-corrected chi connectivity index (χ1v) is 7.86. The maximum atomic E-state index is 5.53. The van der Waals surface area contributed by atoms with Gasteiger partial charge in [-0.25, -0.2) is 0 Å². The fourth-order valence-electron chi connectivity index (χ4n) is 3.91. The van der Waals surface area contributed by atoms with E-state index in [1.165, 1.54) is 18.4 Å². The summed E-state index contributed by atoms with van der Waals surface area (Å²) in [6.45, 7) is 6.87. The highest BCUT2D eigenvalue weighted by atomic mass is 16.5. The van der Waals surface area contributed by atoms with Gasteiger partial charge in [0.2, 0.25) is 0 Å². The van der Waals surface area contributed by atoms with Crippen molar-refractivity contribution in [3.05, 3.63) is 35.4 Å². The molecule has 0 saturated heterocycles. The van der Waals surface area contributed by atoms with E-state index in [2.05, 4.69) is 50.4 Å². The van der Waals surface area contributed by atoms with E-state index in [0.717, 1.165) is 12.3 Å². The van der Waals surface area contributed by atoms with Crippen LogP contribution >= 0.6 is 0 Å². The van der Waals surface area contributed by atoms with Gasteiger partial charge < -0.3 is 10.1 Å². The summed E-state index contributed by atoms with van der Waals surface area (Å²) in [6, 6.07) is 10.1. The quantitative estimate of drug-likeness (QED) is 0.904. The van der Waals surface area contributed by atoms with E-state index in [1.54, 1.807) is 5.56 Å². The van der Waals surface area contributed by atoms with Crippen molar-refractivity contribution in [3.8, 4) is 0 Å². The van der Waals surface area contributed by atoms with E-state index >= 15 is 0 Å². The van der Waals surface area contributed by atoms with Crippen molar-refractivity contribution >= 4 is 0 Å². The molecule has 2 unspecified atom stereocenters. The van der Waals surface area contributed by atoms with Gasteiger partial charge in [-0.2, -0.15) is 0 Å². The molecule has 0 bridgehead atoms. The fourth-order valence-corrected chi connectivity index (χ4v) is 3.91. The topological polar surface area (TPSA) is 21.3 Å². The second-order valence-electron chi connectivity index (χ2n) is 7.22. The fraction of sp³-hybridized carbons (Fsp3) is 0.667. The summed E-state index contributed by atoms with van der Waals surface area (Å²) >= 11 is 0. The molecule has 2 saturated carbocycles. The van der Waals surface area contributed by atoms with Crippen LogP contribution in [0, 0.1) is 12.3 Å². The summed E-state index contributed by atoms with van der Waals surface area (Å²) in [5, 5.41) is 3.85. The SMILES string of the molecule is COC1CC(NC2CC(c3ccccc3C)C2)C1(C)C. The van der Waals surface area contributed by atoms with E-state index in [4.69, 9.17) is 4.74 Å². The molecular weight excluding hydrogens is 246 g/mol. The number of benzene rings is 1. The van der Waals surface area contributed by atoms with Crippen molar-refractivity contribution in [1.29, 1.82) is 0 Å². The van der Waals surface area contributed by atoms with Crippen LogP contribution < -0.4 is 5.32 Å². The molecule has 3 rings (SSSR count). The van der Waals surface area contributed by atoms with Crippen molar-refractivity contribution in [2.24, 2.45) is 5.41 Å². The van der Waals surface area contributed by atoms with Crippen molar-refractivity contribution < 1.29 is 4.74 Å². The number of ether oxygens (including phenoxy) is 1. The maximum absolute atomic E-state index is 5.53. The van der Waals surface area contributed by atoms with Crippen LogP contribution in [-0.2, 0) is 4.74 Å². The van der Waals surface area contributed by atoms with Gasteiger partial charge in [-0.05, 0) is 43.2 Å². The zero-order valence-corrected chi connectivity index (χ0v) is 13.1. The van der Waals surface area contributed by atoms with E-state index in [-0.39, 0.29) is 5.41 Å². The minimum atomic E-state index is 0.280. The highest BCUT2D eigenvalue weighted by Gasteiger charge is 2.49. The lowest BCUT2D eigenvalue weighted by Crippen LogP contribution is -2.63. The van der Waals surface area contributed by atoms with Crippen molar-refractivity contribution in [2.45, 2.75) is 64.1 Å². The van der Waals surface area contributed by atoms with Crippen LogP contribution in [0.25, 0.3) is 0 Å². The van der Waals surface area contributed by atoms with Crippen molar-refractivity contribution in [3.63, 3.8) is 0 Å². The Hall–Kier alpha value is -0.860. The van der Waals surface area contributed by atoms with Gasteiger partial charge in [0.25, 0.3) is 0 Å². The first kappa shape index (κ1) is 14.1. The molecule has 0 radical (unpaired) electrons. The van der Waals surface area contributed by atoms with E-state index in [0.29, 0.717) is 18.2 Å². The van der Waals surface area contributed by atoms with Crippen LogP contribution in [0.3, 0.4) is 0 Å². The van der Waals surface area contributed by atoms with Crippen LogP contribution in [0.1, 0.15) is 50.2 Å². The summed E-state index contributed by atoms with van der Waals surface area (Å²) in [4.78, 5) is 0. The Kier molecular flexibility index (Phi) is 3.64. The number of aryl methyl sites for hydroxylation is 1. The van der Waals surface area contributed by atoms with Crippen LogP contribution in [0.15, 0.2) is 24.3 Å². The van der Waals surface area contributed by atoms with Gasteiger partial charge in [0, 0.05) is 24.6 Å². The molecule has 0 aromatic heterocycles. The third-order valence-corrected chi connectivity index (χ3v) is 5.67. The van der Waals surface area contributed by atoms with E-state index in [1.807, 2.05) is 7.11 Å². The lowest BCUT2D eigenvalue weighted by atomic mass is 9.63. The summed E-state index contributed by atoms with van der Waals surface area (Å²) < 4.78 is 5.53. The Labute approximate surface area is 122 Å². The number of nitrogens with one attached hydrogen (secondary N) is 1. The molecule has 0 heterocycles. The predicted octanol–water partition coefficient (Wildman–Crippen LogP) is 3.64. The van der Waals surface area contributed by atoms with Gasteiger partial charge in [0.1, 0.15) is 0 Å². The molecule has 2 heteroatoms. The molecule has 0 amide bonds. The molecule has 2 fully saturated rings. The first-order valence-electron chi connectivity index (χ1n) is 7.86. The van der Waals surface area contributed by atoms with Crippen molar-refractivity contribution in [1.82, 2.24) is 5.32 Å². The van der Waals surface area contributed by atoms with Gasteiger partial charge >= 0.3 is 0 Å². The average Bonchev–Trinajstić information content (AvgIpc) is 2.37. The summed E-state index contributed by atoms with van der Waals surface area (Å²) in [6.07, 6.45) is 4.16. The second-order valence-corrected chi connectivity index (χ2v) is 7.22. The number of methoxy groups -OCH3 is 1. The number of hydrogen-bond acceptors (Lipinski definition) is 2. The Balaban J connectivity index is 1.51. The van der Waals surface area contributed by atoms with Gasteiger partial charge in [0.05, 0.1) is 6.10 Å². The summed E-state index contributed by atoms with van der Waals surface area (Å²) in [5.41, 5.74) is 3.27. The molecule has 1 N–H and O–H groups in total. The Bertz CT molecular complexity index is 476. The van der Waals surface area contributed by atoms with Crippen molar-refractivity contribution in [2.75, 3.05) is 7.11 Å². The van der Waals surface area contributed by atoms with E-state index < -0.39 is 0 Å². The van der Waals surface area contributed by atoms with E-state index in [9.17, 15) is 0 Å². The van der Waals surface area contributed by atoms with Crippen LogP contribution in [0.5, 0.6) is 0 Å². The molecule has 110 valence electrons. The summed E-state index contributed by atoms with van der Waals surface area (Å²) in [5.74, 6) is 0.759. The third-order valence-electron chi connectivity index (χ3n) is 5.67. The maximum Gasteiger partial charge on any atom is 0.0652 e. The highest BCUT2D eigenvalue weighted by molar-refractivity contribution is 5.31. The van der Waals surface area contributed by atoms with Gasteiger partial charge in [-0.3, -0.25) is 0 Å². The lowest BCUT2D eigenvalue weighted by Gasteiger charge is -2.54. The molecule has 1 aromatic rings. The Morgan fingerprint density at radius 1 is 1.15 bits per heavy atom.